The van der Waals surface area contributed by atoms with Crippen LogP contribution in [0.4, 0.5) is 5.69 Å². The second kappa shape index (κ2) is 7.58. The van der Waals surface area contributed by atoms with Crippen LogP contribution in [0.3, 0.4) is 0 Å². The lowest BCUT2D eigenvalue weighted by molar-refractivity contribution is 0.302. The predicted molar refractivity (Wildman–Crippen MR) is 108 cm³/mol. The molecule has 2 aromatic rings. The molecule has 1 N–H and O–H groups in total. The lowest BCUT2D eigenvalue weighted by Crippen LogP contribution is -2.43. The standard InChI is InChI=1S/C18H21ClN2O3S2/c1-12-8-13(2)17(16(19)9-12)20-18(25)21(10-15-4-3-6-24-15)14-5-7-26(22,23)11-14/h3-4,6,8-9,14H,5,7,10-11H2,1-2H3,(H,20,25)/t14-/m1/s1. The van der Waals surface area contributed by atoms with Gasteiger partial charge in [-0.15, -0.1) is 0 Å². The van der Waals surface area contributed by atoms with Gasteiger partial charge in [0.2, 0.25) is 0 Å². The molecule has 0 unspecified atom stereocenters. The van der Waals surface area contributed by atoms with Gasteiger partial charge in [0.15, 0.2) is 14.9 Å². The van der Waals surface area contributed by atoms with Crippen LogP contribution in [-0.2, 0) is 16.4 Å². The first-order chi connectivity index (χ1) is 12.2. The molecule has 0 spiro atoms. The van der Waals surface area contributed by atoms with Crippen LogP contribution in [0.1, 0.15) is 23.3 Å². The highest BCUT2D eigenvalue weighted by atomic mass is 35.5. The summed E-state index contributed by atoms with van der Waals surface area (Å²) in [5, 5.41) is 4.24. The van der Waals surface area contributed by atoms with Crippen LogP contribution >= 0.6 is 23.8 Å². The van der Waals surface area contributed by atoms with E-state index in [1.165, 1.54) is 0 Å². The maximum Gasteiger partial charge on any atom is 0.174 e. The number of anilines is 1. The van der Waals surface area contributed by atoms with Gasteiger partial charge in [-0.05, 0) is 61.8 Å². The van der Waals surface area contributed by atoms with Crippen molar-refractivity contribution in [2.75, 3.05) is 16.8 Å². The lowest BCUT2D eigenvalue weighted by atomic mass is 10.1. The molecule has 3 rings (SSSR count). The quantitative estimate of drug-likeness (QED) is 0.767. The number of rotatable bonds is 4. The molecule has 1 aromatic carbocycles. The Labute approximate surface area is 164 Å². The molecule has 1 aliphatic heterocycles. The van der Waals surface area contributed by atoms with Crippen LogP contribution in [0, 0.1) is 13.8 Å². The molecular weight excluding hydrogens is 392 g/mol. The Bertz CT molecular complexity index is 888. The maximum absolute atomic E-state index is 11.9. The molecule has 26 heavy (non-hydrogen) atoms. The summed E-state index contributed by atoms with van der Waals surface area (Å²) in [5.74, 6) is 1.00. The third-order valence-corrected chi connectivity index (χ3v) is 6.86. The molecule has 140 valence electrons. The highest BCUT2D eigenvalue weighted by Crippen LogP contribution is 2.29. The molecule has 1 aromatic heterocycles. The van der Waals surface area contributed by atoms with Crippen LogP contribution in [-0.4, -0.2) is 36.0 Å². The van der Waals surface area contributed by atoms with Gasteiger partial charge in [-0.25, -0.2) is 8.42 Å². The lowest BCUT2D eigenvalue weighted by Gasteiger charge is -2.30. The molecule has 5 nitrogen and oxygen atoms in total. The fourth-order valence-electron chi connectivity index (χ4n) is 3.21. The summed E-state index contributed by atoms with van der Waals surface area (Å²) >= 11 is 12.0. The second-order valence-electron chi connectivity index (χ2n) is 6.63. The maximum atomic E-state index is 11.9. The van der Waals surface area contributed by atoms with Gasteiger partial charge in [0, 0.05) is 6.04 Å². The fraction of sp³-hybridized carbons (Fsp3) is 0.389. The van der Waals surface area contributed by atoms with Crippen molar-refractivity contribution in [3.05, 3.63) is 52.4 Å². The second-order valence-corrected chi connectivity index (χ2v) is 9.66. The molecule has 1 aliphatic rings. The smallest absolute Gasteiger partial charge is 0.174 e. The first-order valence-corrected chi connectivity index (χ1v) is 10.9. The van der Waals surface area contributed by atoms with Crippen LogP contribution in [0.2, 0.25) is 5.02 Å². The van der Waals surface area contributed by atoms with Gasteiger partial charge in [0.1, 0.15) is 5.76 Å². The summed E-state index contributed by atoms with van der Waals surface area (Å²) < 4.78 is 29.3. The minimum atomic E-state index is -3.03. The first kappa shape index (κ1) is 19.2. The number of sulfone groups is 1. The molecule has 1 atom stereocenters. The zero-order chi connectivity index (χ0) is 18.9. The van der Waals surface area contributed by atoms with Gasteiger partial charge in [0.05, 0.1) is 35.0 Å². The minimum Gasteiger partial charge on any atom is -0.467 e. The molecule has 8 heteroatoms. The van der Waals surface area contributed by atoms with Gasteiger partial charge in [-0.1, -0.05) is 17.7 Å². The molecular formula is C18H21ClN2O3S2. The topological polar surface area (TPSA) is 62.6 Å². The summed E-state index contributed by atoms with van der Waals surface area (Å²) in [7, 11) is -3.03. The van der Waals surface area contributed by atoms with Crippen molar-refractivity contribution in [2.45, 2.75) is 32.9 Å². The highest BCUT2D eigenvalue weighted by molar-refractivity contribution is 7.91. The first-order valence-electron chi connectivity index (χ1n) is 8.32. The third-order valence-electron chi connectivity index (χ3n) is 4.48. The van der Waals surface area contributed by atoms with E-state index in [2.05, 4.69) is 5.32 Å². The summed E-state index contributed by atoms with van der Waals surface area (Å²) in [6, 6.07) is 7.36. The SMILES string of the molecule is Cc1cc(C)c(NC(=S)N(Cc2ccco2)[C@@H]2CCS(=O)(=O)C2)c(Cl)c1. The zero-order valence-electron chi connectivity index (χ0n) is 14.7. The Balaban J connectivity index is 1.85. The largest absolute Gasteiger partial charge is 0.467 e. The molecule has 0 bridgehead atoms. The summed E-state index contributed by atoms with van der Waals surface area (Å²) in [4.78, 5) is 1.88. The number of hydrogen-bond acceptors (Lipinski definition) is 4. The van der Waals surface area contributed by atoms with E-state index >= 15 is 0 Å². The summed E-state index contributed by atoms with van der Waals surface area (Å²) in [5.41, 5.74) is 2.79. The molecule has 0 amide bonds. The van der Waals surface area contributed by atoms with Crippen molar-refractivity contribution < 1.29 is 12.8 Å². The number of nitrogens with one attached hydrogen (secondary N) is 1. The Morgan fingerprint density at radius 2 is 2.19 bits per heavy atom. The molecule has 2 heterocycles. The van der Waals surface area contributed by atoms with Gasteiger partial charge >= 0.3 is 0 Å². The van der Waals surface area contributed by atoms with E-state index in [4.69, 9.17) is 28.2 Å². The Morgan fingerprint density at radius 1 is 1.42 bits per heavy atom. The van der Waals surface area contributed by atoms with Gasteiger partial charge in [0.25, 0.3) is 0 Å². The van der Waals surface area contributed by atoms with Gasteiger partial charge in [-0.3, -0.25) is 0 Å². The number of nitrogens with zero attached hydrogens (tertiary/aromatic N) is 1. The van der Waals surface area contributed by atoms with E-state index in [1.54, 1.807) is 12.3 Å². The minimum absolute atomic E-state index is 0.0934. The third kappa shape index (κ3) is 4.39. The van der Waals surface area contributed by atoms with Crippen LogP contribution < -0.4 is 5.32 Å². The van der Waals surface area contributed by atoms with Gasteiger partial charge < -0.3 is 14.6 Å². The van der Waals surface area contributed by atoms with Crippen LogP contribution in [0.25, 0.3) is 0 Å². The predicted octanol–water partition coefficient (Wildman–Crippen LogP) is 3.94. The van der Waals surface area contributed by atoms with Crippen LogP contribution in [0.5, 0.6) is 0 Å². The highest BCUT2D eigenvalue weighted by Gasteiger charge is 2.34. The normalized spacial score (nSPS) is 18.7. The van der Waals surface area contributed by atoms with Crippen molar-refractivity contribution >= 4 is 44.5 Å². The van der Waals surface area contributed by atoms with E-state index in [0.717, 1.165) is 22.6 Å². The number of hydrogen-bond donors (Lipinski definition) is 1. The van der Waals surface area contributed by atoms with Crippen molar-refractivity contribution in [3.63, 3.8) is 0 Å². The number of thiocarbonyl (C=S) groups is 1. The Morgan fingerprint density at radius 3 is 2.77 bits per heavy atom. The summed E-state index contributed by atoms with van der Waals surface area (Å²) in [6.45, 7) is 4.34. The average Bonchev–Trinajstić information content (AvgIpc) is 3.17. The molecule has 1 fully saturated rings. The van der Waals surface area contributed by atoms with E-state index in [1.807, 2.05) is 36.9 Å². The van der Waals surface area contributed by atoms with E-state index in [0.29, 0.717) is 23.1 Å². The van der Waals surface area contributed by atoms with E-state index in [9.17, 15) is 8.42 Å². The average molecular weight is 413 g/mol. The molecule has 0 aliphatic carbocycles. The van der Waals surface area contributed by atoms with Gasteiger partial charge in [-0.2, -0.15) is 0 Å². The number of benzene rings is 1. The molecule has 1 saturated heterocycles. The fourth-order valence-corrected chi connectivity index (χ4v) is 5.63. The number of furan rings is 1. The van der Waals surface area contributed by atoms with Crippen LogP contribution in [0.15, 0.2) is 34.9 Å². The Hall–Kier alpha value is -1.57. The van der Waals surface area contributed by atoms with Crippen molar-refractivity contribution in [3.8, 4) is 0 Å². The Kier molecular flexibility index (Phi) is 5.60. The number of aryl methyl sites for hydroxylation is 2. The molecule has 0 radical (unpaired) electrons. The zero-order valence-corrected chi connectivity index (χ0v) is 17.0. The molecule has 0 saturated carbocycles. The van der Waals surface area contributed by atoms with E-state index in [-0.39, 0.29) is 17.5 Å². The monoisotopic (exact) mass is 412 g/mol. The van der Waals surface area contributed by atoms with E-state index < -0.39 is 9.84 Å². The number of halogens is 1. The van der Waals surface area contributed by atoms with Crippen molar-refractivity contribution in [1.82, 2.24) is 4.90 Å². The summed E-state index contributed by atoms with van der Waals surface area (Å²) in [6.07, 6.45) is 2.14. The van der Waals surface area contributed by atoms with Crippen molar-refractivity contribution in [2.24, 2.45) is 0 Å². The van der Waals surface area contributed by atoms with Crippen molar-refractivity contribution in [1.29, 1.82) is 0 Å².